The lowest BCUT2D eigenvalue weighted by Gasteiger charge is -2.17. The first-order valence-corrected chi connectivity index (χ1v) is 9.15. The van der Waals surface area contributed by atoms with E-state index in [2.05, 4.69) is 6.92 Å². The van der Waals surface area contributed by atoms with Crippen LogP contribution in [-0.2, 0) is 4.79 Å². The zero-order chi connectivity index (χ0) is 16.6. The Bertz CT molecular complexity index is 255. The van der Waals surface area contributed by atoms with E-state index in [1.807, 2.05) is 0 Å². The van der Waals surface area contributed by atoms with Crippen molar-refractivity contribution >= 4 is 5.97 Å². The molecule has 0 aliphatic carbocycles. The van der Waals surface area contributed by atoms with Gasteiger partial charge in [0.25, 0.3) is 0 Å². The number of aliphatic hydroxyl groups excluding tert-OH is 2. The zero-order valence-electron chi connectivity index (χ0n) is 14.3. The standard InChI is InChI=1S/C18H36O4/c1-2-3-4-7-10-13-16(19)17(20)14-11-8-5-6-9-12-15-18(21)22/h16-17,19-20H,2-15H2,1H3,(H,21,22). The molecule has 2 unspecified atom stereocenters. The largest absolute Gasteiger partial charge is 0.481 e. The summed E-state index contributed by atoms with van der Waals surface area (Å²) >= 11 is 0. The van der Waals surface area contributed by atoms with Gasteiger partial charge in [-0.3, -0.25) is 4.79 Å². The third kappa shape index (κ3) is 14.3. The lowest BCUT2D eigenvalue weighted by molar-refractivity contribution is -0.137. The molecular weight excluding hydrogens is 280 g/mol. The van der Waals surface area contributed by atoms with Crippen molar-refractivity contribution in [2.75, 3.05) is 0 Å². The van der Waals surface area contributed by atoms with Crippen LogP contribution in [-0.4, -0.2) is 33.5 Å². The summed E-state index contributed by atoms with van der Waals surface area (Å²) in [6.45, 7) is 2.19. The van der Waals surface area contributed by atoms with Gasteiger partial charge >= 0.3 is 5.97 Å². The van der Waals surface area contributed by atoms with Crippen LogP contribution in [0.5, 0.6) is 0 Å². The number of carbonyl (C=O) groups is 1. The summed E-state index contributed by atoms with van der Waals surface area (Å²) < 4.78 is 0. The van der Waals surface area contributed by atoms with Crippen LogP contribution in [0, 0.1) is 0 Å². The van der Waals surface area contributed by atoms with Crippen molar-refractivity contribution in [1.29, 1.82) is 0 Å². The van der Waals surface area contributed by atoms with Crippen molar-refractivity contribution < 1.29 is 20.1 Å². The van der Waals surface area contributed by atoms with Crippen molar-refractivity contribution in [2.45, 2.75) is 109 Å². The SMILES string of the molecule is CCCCCCCC(O)C(O)CCCCCCCCC(=O)O. The molecule has 22 heavy (non-hydrogen) atoms. The van der Waals surface area contributed by atoms with E-state index in [1.165, 1.54) is 19.3 Å². The Kier molecular flexibility index (Phi) is 14.9. The first kappa shape index (κ1) is 21.4. The number of carboxylic acid groups (broad SMARTS) is 1. The third-order valence-corrected chi connectivity index (χ3v) is 4.19. The van der Waals surface area contributed by atoms with Gasteiger partial charge in [0.1, 0.15) is 0 Å². The molecule has 0 aromatic heterocycles. The average molecular weight is 316 g/mol. The van der Waals surface area contributed by atoms with Gasteiger partial charge in [0, 0.05) is 6.42 Å². The van der Waals surface area contributed by atoms with Crippen molar-refractivity contribution in [2.24, 2.45) is 0 Å². The van der Waals surface area contributed by atoms with Gasteiger partial charge in [-0.25, -0.2) is 0 Å². The Hall–Kier alpha value is -0.610. The van der Waals surface area contributed by atoms with Crippen LogP contribution in [0.3, 0.4) is 0 Å². The summed E-state index contributed by atoms with van der Waals surface area (Å²) in [5.41, 5.74) is 0. The number of aliphatic hydroxyl groups is 2. The minimum Gasteiger partial charge on any atom is -0.481 e. The maximum atomic E-state index is 10.3. The molecule has 4 heteroatoms. The first-order chi connectivity index (χ1) is 10.6. The number of hydrogen-bond donors (Lipinski definition) is 3. The summed E-state index contributed by atoms with van der Waals surface area (Å²) in [6.07, 6.45) is 12.2. The predicted molar refractivity (Wildman–Crippen MR) is 90.0 cm³/mol. The summed E-state index contributed by atoms with van der Waals surface area (Å²) in [4.78, 5) is 10.3. The highest BCUT2D eigenvalue weighted by Crippen LogP contribution is 2.15. The van der Waals surface area contributed by atoms with Crippen molar-refractivity contribution in [3.63, 3.8) is 0 Å². The van der Waals surface area contributed by atoms with Gasteiger partial charge in [0.05, 0.1) is 12.2 Å². The topological polar surface area (TPSA) is 77.8 Å². The van der Waals surface area contributed by atoms with E-state index >= 15 is 0 Å². The fourth-order valence-electron chi connectivity index (χ4n) is 2.68. The van der Waals surface area contributed by atoms with Gasteiger partial charge in [-0.05, 0) is 19.3 Å². The van der Waals surface area contributed by atoms with E-state index < -0.39 is 18.2 Å². The van der Waals surface area contributed by atoms with E-state index in [4.69, 9.17) is 5.11 Å². The molecule has 4 nitrogen and oxygen atoms in total. The maximum Gasteiger partial charge on any atom is 0.303 e. The van der Waals surface area contributed by atoms with Crippen LogP contribution in [0.2, 0.25) is 0 Å². The van der Waals surface area contributed by atoms with E-state index in [1.54, 1.807) is 0 Å². The van der Waals surface area contributed by atoms with Crippen LogP contribution < -0.4 is 0 Å². The van der Waals surface area contributed by atoms with Crippen molar-refractivity contribution in [1.82, 2.24) is 0 Å². The number of rotatable bonds is 16. The third-order valence-electron chi connectivity index (χ3n) is 4.19. The Labute approximate surface area is 135 Å². The molecule has 0 bridgehead atoms. The highest BCUT2D eigenvalue weighted by atomic mass is 16.4. The van der Waals surface area contributed by atoms with Gasteiger partial charge < -0.3 is 15.3 Å². The first-order valence-electron chi connectivity index (χ1n) is 9.15. The highest BCUT2D eigenvalue weighted by molar-refractivity contribution is 5.66. The van der Waals surface area contributed by atoms with E-state index in [0.29, 0.717) is 12.8 Å². The molecule has 0 aliphatic rings. The minimum atomic E-state index is -0.716. The molecule has 0 saturated carbocycles. The van der Waals surface area contributed by atoms with Crippen molar-refractivity contribution in [3.05, 3.63) is 0 Å². The smallest absolute Gasteiger partial charge is 0.303 e. The minimum absolute atomic E-state index is 0.267. The van der Waals surface area contributed by atoms with E-state index in [9.17, 15) is 15.0 Å². The Balaban J connectivity index is 3.36. The molecule has 0 aromatic carbocycles. The molecule has 0 rings (SSSR count). The fraction of sp³-hybridized carbons (Fsp3) is 0.944. The summed E-state index contributed by atoms with van der Waals surface area (Å²) in [5.74, 6) is -0.716. The molecule has 0 heterocycles. The molecule has 0 fully saturated rings. The lowest BCUT2D eigenvalue weighted by atomic mass is 10.00. The van der Waals surface area contributed by atoms with Crippen LogP contribution in [0.1, 0.15) is 96.8 Å². The quantitative estimate of drug-likeness (QED) is 0.371. The molecule has 132 valence electrons. The van der Waals surface area contributed by atoms with Crippen LogP contribution in [0.15, 0.2) is 0 Å². The molecule has 0 amide bonds. The molecule has 0 radical (unpaired) electrons. The van der Waals surface area contributed by atoms with Crippen LogP contribution >= 0.6 is 0 Å². The number of aliphatic carboxylic acids is 1. The van der Waals surface area contributed by atoms with Gasteiger partial charge in [-0.15, -0.1) is 0 Å². The lowest BCUT2D eigenvalue weighted by Crippen LogP contribution is -2.25. The number of unbranched alkanes of at least 4 members (excludes halogenated alkanes) is 9. The molecular formula is C18H36O4. The second-order valence-electron chi connectivity index (χ2n) is 6.39. The fourth-order valence-corrected chi connectivity index (χ4v) is 2.68. The highest BCUT2D eigenvalue weighted by Gasteiger charge is 2.15. The molecule has 0 spiro atoms. The van der Waals surface area contributed by atoms with Gasteiger partial charge in [0.15, 0.2) is 0 Å². The van der Waals surface area contributed by atoms with E-state index in [0.717, 1.165) is 51.4 Å². The zero-order valence-corrected chi connectivity index (χ0v) is 14.3. The summed E-state index contributed by atoms with van der Waals surface area (Å²) in [6, 6.07) is 0. The molecule has 2 atom stereocenters. The van der Waals surface area contributed by atoms with Gasteiger partial charge in [-0.1, -0.05) is 71.1 Å². The van der Waals surface area contributed by atoms with Crippen molar-refractivity contribution in [3.8, 4) is 0 Å². The number of carboxylic acids is 1. The average Bonchev–Trinajstić information content (AvgIpc) is 2.48. The second-order valence-corrected chi connectivity index (χ2v) is 6.39. The second kappa shape index (κ2) is 15.3. The summed E-state index contributed by atoms with van der Waals surface area (Å²) in [5, 5.41) is 28.3. The van der Waals surface area contributed by atoms with Gasteiger partial charge in [-0.2, -0.15) is 0 Å². The normalized spacial score (nSPS) is 14.0. The molecule has 0 aliphatic heterocycles. The Morgan fingerprint density at radius 1 is 0.727 bits per heavy atom. The Morgan fingerprint density at radius 2 is 1.14 bits per heavy atom. The van der Waals surface area contributed by atoms with E-state index in [-0.39, 0.29) is 6.42 Å². The monoisotopic (exact) mass is 316 g/mol. The number of hydrogen-bond acceptors (Lipinski definition) is 3. The molecule has 0 saturated heterocycles. The summed E-state index contributed by atoms with van der Waals surface area (Å²) in [7, 11) is 0. The van der Waals surface area contributed by atoms with Crippen LogP contribution in [0.4, 0.5) is 0 Å². The molecule has 3 N–H and O–H groups in total. The van der Waals surface area contributed by atoms with Gasteiger partial charge in [0.2, 0.25) is 0 Å². The predicted octanol–water partition coefficient (Wildman–Crippen LogP) is 4.27. The Morgan fingerprint density at radius 3 is 1.59 bits per heavy atom. The van der Waals surface area contributed by atoms with Crippen LogP contribution in [0.25, 0.3) is 0 Å². The maximum absolute atomic E-state index is 10.3. The molecule has 0 aromatic rings.